The molecule has 0 heterocycles. The van der Waals surface area contributed by atoms with Crippen LogP contribution in [0.1, 0.15) is 22.3 Å². The Morgan fingerprint density at radius 3 is 1.25 bits per heavy atom. The molecule has 0 atom stereocenters. The quantitative estimate of drug-likeness (QED) is 0.164. The van der Waals surface area contributed by atoms with Crippen molar-refractivity contribution < 1.29 is 0 Å². The first-order valence-corrected chi connectivity index (χ1v) is 16.2. The molecule has 9 rings (SSSR count). The third-order valence-electron chi connectivity index (χ3n) is 9.57. The lowest BCUT2D eigenvalue weighted by Gasteiger charge is -2.30. The van der Waals surface area contributed by atoms with Gasteiger partial charge in [0.05, 0.1) is 5.41 Å². The molecule has 0 aliphatic heterocycles. The highest BCUT2D eigenvalue weighted by atomic mass is 127. The van der Waals surface area contributed by atoms with Crippen LogP contribution in [0.15, 0.2) is 164 Å². The summed E-state index contributed by atoms with van der Waals surface area (Å²) in [5.41, 5.74) is 18.0. The van der Waals surface area contributed by atoms with E-state index in [4.69, 9.17) is 0 Å². The summed E-state index contributed by atoms with van der Waals surface area (Å²) in [5.74, 6) is 0. The maximum absolute atomic E-state index is 2.47. The molecule has 0 aromatic heterocycles. The molecule has 2 aliphatic carbocycles. The fraction of sp³-hybridized carbons (Fsp3) is 0.0233. The summed E-state index contributed by atoms with van der Waals surface area (Å²) in [5, 5.41) is 0. The molecule has 7 aromatic rings. The van der Waals surface area contributed by atoms with Crippen molar-refractivity contribution in [2.75, 3.05) is 0 Å². The summed E-state index contributed by atoms with van der Waals surface area (Å²) < 4.78 is 1.25. The van der Waals surface area contributed by atoms with E-state index in [1.54, 1.807) is 0 Å². The number of rotatable bonds is 3. The Morgan fingerprint density at radius 2 is 0.705 bits per heavy atom. The lowest BCUT2D eigenvalue weighted by atomic mass is 9.70. The van der Waals surface area contributed by atoms with Crippen LogP contribution in [-0.4, -0.2) is 0 Å². The van der Waals surface area contributed by atoms with E-state index in [2.05, 4.69) is 186 Å². The van der Waals surface area contributed by atoms with E-state index in [1.165, 1.54) is 81.5 Å². The molecule has 206 valence electrons. The van der Waals surface area contributed by atoms with Crippen molar-refractivity contribution in [2.24, 2.45) is 0 Å². The topological polar surface area (TPSA) is 0 Å². The molecule has 2 aliphatic rings. The normalized spacial score (nSPS) is 13.3. The highest BCUT2D eigenvalue weighted by Crippen LogP contribution is 2.63. The Hall–Kier alpha value is -4.73. The molecule has 44 heavy (non-hydrogen) atoms. The van der Waals surface area contributed by atoms with Gasteiger partial charge in [0, 0.05) is 3.57 Å². The van der Waals surface area contributed by atoms with E-state index in [-0.39, 0.29) is 5.41 Å². The minimum atomic E-state index is -0.322. The summed E-state index contributed by atoms with van der Waals surface area (Å²) in [6.07, 6.45) is 0. The molecule has 0 saturated heterocycles. The van der Waals surface area contributed by atoms with Crippen molar-refractivity contribution in [3.8, 4) is 55.6 Å². The van der Waals surface area contributed by atoms with Gasteiger partial charge in [-0.15, -0.1) is 0 Å². The van der Waals surface area contributed by atoms with Crippen molar-refractivity contribution in [3.05, 3.63) is 190 Å². The van der Waals surface area contributed by atoms with Gasteiger partial charge in [0.25, 0.3) is 0 Å². The summed E-state index contributed by atoms with van der Waals surface area (Å²) in [6.45, 7) is 0. The zero-order valence-electron chi connectivity index (χ0n) is 24.0. The molecule has 0 N–H and O–H groups in total. The van der Waals surface area contributed by atoms with Crippen molar-refractivity contribution in [1.29, 1.82) is 0 Å². The third-order valence-corrected chi connectivity index (χ3v) is 10.2. The van der Waals surface area contributed by atoms with Crippen LogP contribution in [0.3, 0.4) is 0 Å². The maximum Gasteiger partial charge on any atom is 0.0725 e. The van der Waals surface area contributed by atoms with Crippen LogP contribution in [0.4, 0.5) is 0 Å². The van der Waals surface area contributed by atoms with Gasteiger partial charge in [-0.2, -0.15) is 0 Å². The second kappa shape index (κ2) is 9.90. The largest absolute Gasteiger partial charge is 0.0725 e. The van der Waals surface area contributed by atoms with Gasteiger partial charge >= 0.3 is 0 Å². The monoisotopic (exact) mass is 670 g/mol. The van der Waals surface area contributed by atoms with E-state index < -0.39 is 0 Å². The fourth-order valence-electron chi connectivity index (χ4n) is 7.68. The van der Waals surface area contributed by atoms with Crippen LogP contribution < -0.4 is 0 Å². The lowest BCUT2D eigenvalue weighted by Crippen LogP contribution is -2.25. The maximum atomic E-state index is 2.47. The average Bonchev–Trinajstić information content (AvgIpc) is 3.56. The van der Waals surface area contributed by atoms with E-state index in [0.717, 1.165) is 0 Å². The highest BCUT2D eigenvalue weighted by molar-refractivity contribution is 14.1. The average molecular weight is 671 g/mol. The minimum absolute atomic E-state index is 0.322. The van der Waals surface area contributed by atoms with Gasteiger partial charge in [0.15, 0.2) is 0 Å². The van der Waals surface area contributed by atoms with Gasteiger partial charge in [-0.1, -0.05) is 140 Å². The molecule has 7 aromatic carbocycles. The van der Waals surface area contributed by atoms with Crippen molar-refractivity contribution in [2.45, 2.75) is 5.41 Å². The van der Waals surface area contributed by atoms with E-state index in [1.807, 2.05) is 0 Å². The number of halogens is 1. The second-order valence-corrected chi connectivity index (χ2v) is 13.1. The highest BCUT2D eigenvalue weighted by Gasteiger charge is 2.51. The summed E-state index contributed by atoms with van der Waals surface area (Å²) in [4.78, 5) is 0. The Labute approximate surface area is 271 Å². The number of benzene rings is 7. The standard InChI is InChI=1S/C43H27I/c44-34-12-8-11-32(26-34)29-21-19-28(20-22-29)30-9-7-10-31(25-30)33-23-24-38-37-15-3-6-18-41(37)43(42(38)27-33)39-16-4-1-13-35(39)36-14-2-5-17-40(36)43/h1-27H. The number of hydrogen-bond acceptors (Lipinski definition) is 0. The molecule has 1 spiro atoms. The van der Waals surface area contributed by atoms with Crippen LogP contribution in [0.25, 0.3) is 55.6 Å². The van der Waals surface area contributed by atoms with E-state index in [0.29, 0.717) is 0 Å². The lowest BCUT2D eigenvalue weighted by molar-refractivity contribution is 0.794. The van der Waals surface area contributed by atoms with Gasteiger partial charge in [0.1, 0.15) is 0 Å². The predicted octanol–water partition coefficient (Wildman–Crippen LogP) is 11.6. The fourth-order valence-corrected chi connectivity index (χ4v) is 8.22. The van der Waals surface area contributed by atoms with Crippen molar-refractivity contribution in [3.63, 3.8) is 0 Å². The molecular formula is C43H27I. The van der Waals surface area contributed by atoms with Crippen LogP contribution >= 0.6 is 22.6 Å². The molecule has 0 unspecified atom stereocenters. The molecular weight excluding hydrogens is 643 g/mol. The zero-order chi connectivity index (χ0) is 29.3. The first-order valence-electron chi connectivity index (χ1n) is 15.1. The minimum Gasteiger partial charge on any atom is -0.0619 e. The SMILES string of the molecule is Ic1cccc(-c2ccc(-c3cccc(-c4ccc5c(c4)C4(c6ccccc6-c6ccccc64)c4ccccc4-5)c3)cc2)c1. The molecule has 0 radical (unpaired) electrons. The second-order valence-electron chi connectivity index (χ2n) is 11.8. The first kappa shape index (κ1) is 25.7. The van der Waals surface area contributed by atoms with Gasteiger partial charge in [-0.05, 0) is 125 Å². The van der Waals surface area contributed by atoms with Crippen molar-refractivity contribution in [1.82, 2.24) is 0 Å². The van der Waals surface area contributed by atoms with Crippen LogP contribution in [0.5, 0.6) is 0 Å². The molecule has 1 heteroatoms. The molecule has 0 nitrogen and oxygen atoms in total. The van der Waals surface area contributed by atoms with Crippen LogP contribution in [0.2, 0.25) is 0 Å². The molecule has 0 saturated carbocycles. The molecule has 0 bridgehead atoms. The smallest absolute Gasteiger partial charge is 0.0619 e. The van der Waals surface area contributed by atoms with E-state index in [9.17, 15) is 0 Å². The summed E-state index contributed by atoms with van der Waals surface area (Å²) in [6, 6.07) is 60.8. The van der Waals surface area contributed by atoms with Gasteiger partial charge in [-0.3, -0.25) is 0 Å². The van der Waals surface area contributed by atoms with Gasteiger partial charge in [0.2, 0.25) is 0 Å². The number of fused-ring (bicyclic) bond motifs is 10. The Kier molecular flexibility index (Phi) is 5.79. The van der Waals surface area contributed by atoms with Crippen molar-refractivity contribution >= 4 is 22.6 Å². The Morgan fingerprint density at radius 1 is 0.295 bits per heavy atom. The van der Waals surface area contributed by atoms with Gasteiger partial charge in [-0.25, -0.2) is 0 Å². The third kappa shape index (κ3) is 3.69. The van der Waals surface area contributed by atoms with E-state index >= 15 is 0 Å². The Balaban J connectivity index is 1.19. The summed E-state index contributed by atoms with van der Waals surface area (Å²) >= 11 is 2.38. The molecule has 0 amide bonds. The first-order chi connectivity index (χ1) is 21.7. The van der Waals surface area contributed by atoms with Crippen LogP contribution in [0, 0.1) is 3.57 Å². The van der Waals surface area contributed by atoms with Crippen LogP contribution in [-0.2, 0) is 5.41 Å². The molecule has 0 fully saturated rings. The predicted molar refractivity (Wildman–Crippen MR) is 192 cm³/mol. The number of hydrogen-bond donors (Lipinski definition) is 0. The Bertz CT molecular complexity index is 2170. The van der Waals surface area contributed by atoms with Gasteiger partial charge < -0.3 is 0 Å². The summed E-state index contributed by atoms with van der Waals surface area (Å²) in [7, 11) is 0. The zero-order valence-corrected chi connectivity index (χ0v) is 26.1.